The average molecular weight is 502 g/mol. The van der Waals surface area contributed by atoms with Crippen molar-refractivity contribution in [1.29, 1.82) is 0 Å². The van der Waals surface area contributed by atoms with Crippen LogP contribution in [-0.2, 0) is 12.0 Å². The summed E-state index contributed by atoms with van der Waals surface area (Å²) in [6, 6.07) is 25.5. The van der Waals surface area contributed by atoms with Gasteiger partial charge >= 0.3 is 6.03 Å². The van der Waals surface area contributed by atoms with E-state index < -0.39 is 6.03 Å². The topological polar surface area (TPSA) is 72.5 Å². The van der Waals surface area contributed by atoms with E-state index in [1.165, 1.54) is 0 Å². The molecule has 3 aromatic carbocycles. The minimum Gasteiger partial charge on any atom is -0.489 e. The van der Waals surface area contributed by atoms with Gasteiger partial charge in [-0.3, -0.25) is 0 Å². The number of halogens is 1. The highest BCUT2D eigenvalue weighted by Gasteiger charge is 2.20. The van der Waals surface area contributed by atoms with Gasteiger partial charge in [0.1, 0.15) is 23.8 Å². The fourth-order valence-electron chi connectivity index (χ4n) is 3.54. The zero-order chi connectivity index (χ0) is 25.5. The number of amides is 2. The van der Waals surface area contributed by atoms with Crippen molar-refractivity contribution >= 4 is 29.0 Å². The number of hydrogen-bond acceptors (Lipinski definition) is 4. The quantitative estimate of drug-likeness (QED) is 0.268. The first kappa shape index (κ1) is 25.1. The van der Waals surface area contributed by atoms with Gasteiger partial charge in [0.2, 0.25) is 5.88 Å². The Labute approximate surface area is 216 Å². The van der Waals surface area contributed by atoms with Crippen LogP contribution >= 0.6 is 11.6 Å². The van der Waals surface area contributed by atoms with E-state index in [4.69, 9.17) is 21.1 Å². The maximum Gasteiger partial charge on any atom is 0.323 e. The van der Waals surface area contributed by atoms with Crippen molar-refractivity contribution in [3.8, 4) is 17.4 Å². The van der Waals surface area contributed by atoms with E-state index >= 15 is 0 Å². The van der Waals surface area contributed by atoms with Gasteiger partial charge in [0.15, 0.2) is 0 Å². The van der Waals surface area contributed by atoms with E-state index in [0.29, 0.717) is 40.4 Å². The Hall–Kier alpha value is -4.03. The highest BCUT2D eigenvalue weighted by Crippen LogP contribution is 2.35. The monoisotopic (exact) mass is 501 g/mol. The molecule has 2 amide bonds. The van der Waals surface area contributed by atoms with Crippen LogP contribution in [0.15, 0.2) is 91.1 Å². The second-order valence-electron chi connectivity index (χ2n) is 9.23. The smallest absolute Gasteiger partial charge is 0.323 e. The molecular formula is C29H28ClN3O3. The van der Waals surface area contributed by atoms with Crippen molar-refractivity contribution in [3.63, 3.8) is 0 Å². The Kier molecular flexibility index (Phi) is 7.76. The Morgan fingerprint density at radius 3 is 2.47 bits per heavy atom. The van der Waals surface area contributed by atoms with Crippen LogP contribution in [0, 0.1) is 0 Å². The van der Waals surface area contributed by atoms with Crippen LogP contribution in [0.3, 0.4) is 0 Å². The third kappa shape index (κ3) is 6.77. The zero-order valence-corrected chi connectivity index (χ0v) is 21.2. The van der Waals surface area contributed by atoms with Gasteiger partial charge in [-0.2, -0.15) is 0 Å². The van der Waals surface area contributed by atoms with Crippen molar-refractivity contribution in [2.45, 2.75) is 32.8 Å². The molecule has 4 aromatic rings. The van der Waals surface area contributed by atoms with Crippen molar-refractivity contribution in [1.82, 2.24) is 4.98 Å². The largest absolute Gasteiger partial charge is 0.489 e. The lowest BCUT2D eigenvalue weighted by atomic mass is 9.86. The number of ether oxygens (including phenoxy) is 2. The lowest BCUT2D eigenvalue weighted by Gasteiger charge is -2.22. The Bertz CT molecular complexity index is 1330. The van der Waals surface area contributed by atoms with Crippen molar-refractivity contribution in [3.05, 3.63) is 107 Å². The number of nitrogens with zero attached hydrogens (tertiary/aromatic N) is 1. The highest BCUT2D eigenvalue weighted by molar-refractivity contribution is 6.30. The predicted molar refractivity (Wildman–Crippen MR) is 144 cm³/mol. The van der Waals surface area contributed by atoms with Crippen LogP contribution in [0.5, 0.6) is 17.4 Å². The highest BCUT2D eigenvalue weighted by atomic mass is 35.5. The second-order valence-corrected chi connectivity index (χ2v) is 9.66. The van der Waals surface area contributed by atoms with Gasteiger partial charge in [-0.25, -0.2) is 9.78 Å². The summed E-state index contributed by atoms with van der Waals surface area (Å²) in [6.07, 6.45) is 1.62. The summed E-state index contributed by atoms with van der Waals surface area (Å²) in [5.41, 5.74) is 2.96. The van der Waals surface area contributed by atoms with Gasteiger partial charge < -0.3 is 20.1 Å². The van der Waals surface area contributed by atoms with E-state index in [1.54, 1.807) is 30.5 Å². The minimum atomic E-state index is -0.424. The number of pyridine rings is 1. The van der Waals surface area contributed by atoms with Gasteiger partial charge in [0, 0.05) is 28.5 Å². The maximum absolute atomic E-state index is 12.8. The van der Waals surface area contributed by atoms with Crippen molar-refractivity contribution < 1.29 is 14.3 Å². The van der Waals surface area contributed by atoms with Crippen LogP contribution in [0.4, 0.5) is 16.2 Å². The number of anilines is 2. The van der Waals surface area contributed by atoms with Crippen LogP contribution in [-0.4, -0.2) is 11.0 Å². The van der Waals surface area contributed by atoms with E-state index in [9.17, 15) is 4.79 Å². The molecule has 0 bridgehead atoms. The van der Waals surface area contributed by atoms with E-state index in [0.717, 1.165) is 11.1 Å². The fourth-order valence-corrected chi connectivity index (χ4v) is 3.67. The number of carbonyl (C=O) groups is 1. The molecule has 0 aliphatic carbocycles. The summed E-state index contributed by atoms with van der Waals surface area (Å²) < 4.78 is 12.0. The molecule has 184 valence electrons. The summed E-state index contributed by atoms with van der Waals surface area (Å²) in [5.74, 6) is 1.63. The fraction of sp³-hybridized carbons (Fsp3) is 0.172. The summed E-state index contributed by atoms with van der Waals surface area (Å²) in [6.45, 7) is 6.74. The summed E-state index contributed by atoms with van der Waals surface area (Å²) >= 11 is 5.93. The van der Waals surface area contributed by atoms with E-state index in [1.807, 2.05) is 60.7 Å². The molecule has 0 unspecified atom stereocenters. The van der Waals surface area contributed by atoms with Gasteiger partial charge in [-0.05, 0) is 53.4 Å². The predicted octanol–water partition coefficient (Wildman–Crippen LogP) is 8.05. The maximum atomic E-state index is 12.8. The number of nitrogens with one attached hydrogen (secondary N) is 2. The van der Waals surface area contributed by atoms with Gasteiger partial charge in [0.05, 0.1) is 0 Å². The molecular weight excluding hydrogens is 474 g/mol. The normalized spacial score (nSPS) is 11.0. The number of benzene rings is 3. The molecule has 0 atom stereocenters. The second kappa shape index (κ2) is 11.1. The molecule has 2 N–H and O–H groups in total. The number of carbonyl (C=O) groups excluding carboxylic acids is 1. The number of urea groups is 1. The first-order valence-electron chi connectivity index (χ1n) is 11.6. The molecule has 1 aromatic heterocycles. The third-order valence-corrected chi connectivity index (χ3v) is 5.58. The Morgan fingerprint density at radius 1 is 0.917 bits per heavy atom. The van der Waals surface area contributed by atoms with Crippen LogP contribution in [0.25, 0.3) is 0 Å². The average Bonchev–Trinajstić information content (AvgIpc) is 2.85. The van der Waals surface area contributed by atoms with Crippen LogP contribution < -0.4 is 20.1 Å². The van der Waals surface area contributed by atoms with E-state index in [2.05, 4.69) is 36.4 Å². The lowest BCUT2D eigenvalue weighted by molar-refractivity contribution is 0.262. The molecule has 0 radical (unpaired) electrons. The molecule has 6 nitrogen and oxygen atoms in total. The molecule has 36 heavy (non-hydrogen) atoms. The lowest BCUT2D eigenvalue weighted by Crippen LogP contribution is -2.20. The first-order chi connectivity index (χ1) is 17.3. The third-order valence-electron chi connectivity index (χ3n) is 5.33. The number of para-hydroxylation sites is 1. The molecule has 0 aliphatic heterocycles. The Balaban J connectivity index is 1.42. The first-order valence-corrected chi connectivity index (χ1v) is 11.9. The zero-order valence-electron chi connectivity index (χ0n) is 20.4. The summed E-state index contributed by atoms with van der Waals surface area (Å²) in [4.78, 5) is 17.1. The molecule has 1 heterocycles. The summed E-state index contributed by atoms with van der Waals surface area (Å²) in [5, 5.41) is 6.34. The number of rotatable bonds is 7. The molecule has 0 saturated carbocycles. The van der Waals surface area contributed by atoms with Crippen molar-refractivity contribution in [2.75, 3.05) is 10.6 Å². The molecule has 7 heteroatoms. The SMILES string of the molecule is CC(C)(C)c1ccccc1Oc1ncccc1NC(=O)Nc1cccc(OCc2ccc(Cl)cc2)c1. The Morgan fingerprint density at radius 2 is 1.69 bits per heavy atom. The van der Waals surface area contributed by atoms with Crippen molar-refractivity contribution in [2.24, 2.45) is 0 Å². The van der Waals surface area contributed by atoms with Gasteiger partial charge in [-0.1, -0.05) is 68.8 Å². The molecule has 0 spiro atoms. The minimum absolute atomic E-state index is 0.114. The molecule has 4 rings (SSSR count). The summed E-state index contributed by atoms with van der Waals surface area (Å²) in [7, 11) is 0. The van der Waals surface area contributed by atoms with Crippen LogP contribution in [0.2, 0.25) is 5.02 Å². The molecule has 0 saturated heterocycles. The number of hydrogen-bond donors (Lipinski definition) is 2. The number of aromatic nitrogens is 1. The van der Waals surface area contributed by atoms with Gasteiger partial charge in [-0.15, -0.1) is 0 Å². The molecule has 0 fully saturated rings. The van der Waals surface area contributed by atoms with E-state index in [-0.39, 0.29) is 5.41 Å². The van der Waals surface area contributed by atoms with Crippen LogP contribution in [0.1, 0.15) is 31.9 Å². The van der Waals surface area contributed by atoms with Gasteiger partial charge in [0.25, 0.3) is 0 Å². The standard InChI is InChI=1S/C29H28ClN3O3/c1-29(2,3)24-10-4-5-12-26(24)36-27-25(11-7-17-31-27)33-28(34)32-22-8-6-9-23(18-22)35-19-20-13-15-21(30)16-14-20/h4-18H,19H2,1-3H3,(H2,32,33,34). The molecule has 0 aliphatic rings.